The minimum atomic E-state index is -4.59. The van der Waals surface area contributed by atoms with E-state index in [1.807, 2.05) is 0 Å². The molecule has 0 aliphatic rings. The molecule has 0 unspecified atom stereocenters. The normalized spacial score (nSPS) is 11.1. The molecule has 10 heteroatoms. The summed E-state index contributed by atoms with van der Waals surface area (Å²) in [7, 11) is 0. The summed E-state index contributed by atoms with van der Waals surface area (Å²) in [6.07, 6.45) is -1.57. The van der Waals surface area contributed by atoms with Crippen molar-refractivity contribution < 1.29 is 27.2 Å². The predicted molar refractivity (Wildman–Crippen MR) is 105 cm³/mol. The second-order valence-electron chi connectivity index (χ2n) is 6.46. The Morgan fingerprint density at radius 3 is 2.52 bits per heavy atom. The Morgan fingerprint density at radius 2 is 1.84 bits per heavy atom. The van der Waals surface area contributed by atoms with Crippen molar-refractivity contribution in [2.45, 2.75) is 19.5 Å². The Bertz CT molecular complexity index is 1120. The molecule has 3 rings (SSSR count). The lowest BCUT2D eigenvalue weighted by atomic mass is 10.0. The van der Waals surface area contributed by atoms with Gasteiger partial charge in [0.05, 0.1) is 23.9 Å². The van der Waals surface area contributed by atoms with Crippen LogP contribution in [-0.4, -0.2) is 21.8 Å². The summed E-state index contributed by atoms with van der Waals surface area (Å²) in [5.41, 5.74) is -0.972. The largest absolute Gasteiger partial charge is 0.416 e. The molecule has 0 fully saturated rings. The lowest BCUT2D eigenvalue weighted by Gasteiger charge is -2.21. The zero-order chi connectivity index (χ0) is 22.6. The number of anilines is 3. The Hall–Kier alpha value is -3.82. The molecule has 0 saturated carbocycles. The maximum absolute atomic E-state index is 14.1. The van der Waals surface area contributed by atoms with Crippen molar-refractivity contribution in [1.29, 1.82) is 0 Å². The highest BCUT2D eigenvalue weighted by Crippen LogP contribution is 2.32. The third kappa shape index (κ3) is 5.21. The number of carbonyl (C=O) groups excluding carboxylic acids is 2. The molecule has 31 heavy (non-hydrogen) atoms. The third-order valence-electron chi connectivity index (χ3n) is 4.24. The van der Waals surface area contributed by atoms with Crippen molar-refractivity contribution in [2.24, 2.45) is 0 Å². The highest BCUT2D eigenvalue weighted by atomic mass is 19.4. The van der Waals surface area contributed by atoms with Crippen LogP contribution in [0.15, 0.2) is 61.1 Å². The van der Waals surface area contributed by atoms with Crippen LogP contribution in [0.3, 0.4) is 0 Å². The molecule has 0 bridgehead atoms. The average molecular weight is 432 g/mol. The number of nitrogens with one attached hydrogen (secondary N) is 1. The third-order valence-corrected chi connectivity index (χ3v) is 4.24. The van der Waals surface area contributed by atoms with E-state index >= 15 is 0 Å². The topological polar surface area (TPSA) is 75.2 Å². The first kappa shape index (κ1) is 21.9. The molecule has 6 nitrogen and oxygen atoms in total. The van der Waals surface area contributed by atoms with Crippen LogP contribution in [0, 0.1) is 5.82 Å². The predicted octanol–water partition coefficient (Wildman–Crippen LogP) is 4.50. The lowest BCUT2D eigenvalue weighted by Crippen LogP contribution is -2.25. The minimum absolute atomic E-state index is 0.0195. The Labute approximate surface area is 174 Å². The highest BCUT2D eigenvalue weighted by molar-refractivity contribution is 5.99. The summed E-state index contributed by atoms with van der Waals surface area (Å²) < 4.78 is 53.5. The fourth-order valence-corrected chi connectivity index (χ4v) is 2.95. The van der Waals surface area contributed by atoms with Gasteiger partial charge in [-0.05, 0) is 23.8 Å². The van der Waals surface area contributed by atoms with Crippen molar-refractivity contribution in [3.05, 3.63) is 78.0 Å². The van der Waals surface area contributed by atoms with Crippen LogP contribution in [-0.2, 0) is 22.2 Å². The molecule has 2 amide bonds. The first-order valence-electron chi connectivity index (χ1n) is 8.98. The highest BCUT2D eigenvalue weighted by Gasteiger charge is 2.33. The Kier molecular flexibility index (Phi) is 6.28. The van der Waals surface area contributed by atoms with E-state index in [2.05, 4.69) is 15.3 Å². The van der Waals surface area contributed by atoms with Crippen LogP contribution in [0.5, 0.6) is 0 Å². The van der Waals surface area contributed by atoms with Crippen molar-refractivity contribution >= 4 is 29.0 Å². The van der Waals surface area contributed by atoms with E-state index in [0.717, 1.165) is 17.2 Å². The van der Waals surface area contributed by atoms with Gasteiger partial charge in [0.1, 0.15) is 5.82 Å². The van der Waals surface area contributed by atoms with E-state index in [1.165, 1.54) is 55.7 Å². The first-order valence-corrected chi connectivity index (χ1v) is 8.98. The molecule has 3 aromatic rings. The number of alkyl halides is 3. The van der Waals surface area contributed by atoms with Crippen molar-refractivity contribution in [1.82, 2.24) is 9.97 Å². The molecule has 0 aliphatic carbocycles. The van der Waals surface area contributed by atoms with Gasteiger partial charge in [-0.15, -0.1) is 0 Å². The summed E-state index contributed by atoms with van der Waals surface area (Å²) in [5, 5.41) is 2.48. The van der Waals surface area contributed by atoms with E-state index in [-0.39, 0.29) is 22.8 Å². The molecule has 160 valence electrons. The van der Waals surface area contributed by atoms with Crippen molar-refractivity contribution in [2.75, 3.05) is 10.2 Å². The fraction of sp³-hybridized carbons (Fsp3) is 0.143. The van der Waals surface area contributed by atoms with Crippen molar-refractivity contribution in [3.63, 3.8) is 0 Å². The number of aromatic nitrogens is 2. The molecule has 1 N–H and O–H groups in total. The van der Waals surface area contributed by atoms with Gasteiger partial charge in [-0.2, -0.15) is 13.2 Å². The molecule has 0 spiro atoms. The molecule has 0 atom stereocenters. The summed E-state index contributed by atoms with van der Waals surface area (Å²) >= 11 is 0. The number of halogens is 4. The Balaban J connectivity index is 1.83. The minimum Gasteiger partial charge on any atom is -0.326 e. The molecule has 0 saturated heterocycles. The SMILES string of the molecule is CC(=O)N(c1cc(NC(=O)Cc2ccccc2C(F)(F)F)ccn1)c1ccncc1F. The number of rotatable bonds is 5. The van der Waals surface area contributed by atoms with Gasteiger partial charge in [-0.3, -0.25) is 19.5 Å². The van der Waals surface area contributed by atoms with Gasteiger partial charge in [0.15, 0.2) is 5.82 Å². The van der Waals surface area contributed by atoms with E-state index in [1.54, 1.807) is 0 Å². The van der Waals surface area contributed by atoms with Gasteiger partial charge in [0, 0.05) is 31.1 Å². The monoisotopic (exact) mass is 432 g/mol. The summed E-state index contributed by atoms with van der Waals surface area (Å²) in [5.74, 6) is -1.97. The van der Waals surface area contributed by atoms with E-state index in [4.69, 9.17) is 0 Å². The average Bonchev–Trinajstić information content (AvgIpc) is 2.69. The summed E-state index contributed by atoms with van der Waals surface area (Å²) in [4.78, 5) is 33.1. The molecular formula is C21H16F4N4O2. The second kappa shape index (κ2) is 8.90. The first-order chi connectivity index (χ1) is 14.7. The van der Waals surface area contributed by atoms with Crippen LogP contribution < -0.4 is 10.2 Å². The molecule has 2 aromatic heterocycles. The maximum atomic E-state index is 14.1. The maximum Gasteiger partial charge on any atom is 0.416 e. The number of carbonyl (C=O) groups is 2. The van der Waals surface area contributed by atoms with Gasteiger partial charge in [-0.25, -0.2) is 9.37 Å². The van der Waals surface area contributed by atoms with Crippen LogP contribution in [0.2, 0.25) is 0 Å². The smallest absolute Gasteiger partial charge is 0.326 e. The van der Waals surface area contributed by atoms with Gasteiger partial charge < -0.3 is 5.32 Å². The molecule has 0 aliphatic heterocycles. The zero-order valence-corrected chi connectivity index (χ0v) is 16.2. The molecule has 1 aromatic carbocycles. The van der Waals surface area contributed by atoms with Gasteiger partial charge in [-0.1, -0.05) is 18.2 Å². The standard InChI is InChI=1S/C21H16F4N4O2/c1-13(30)29(18-7-8-26-12-17(18)22)19-11-15(6-9-27-19)28-20(31)10-14-4-2-3-5-16(14)21(23,24)25/h2-9,11-12H,10H2,1H3,(H,27,28,31). The molecular weight excluding hydrogens is 416 g/mol. The van der Waals surface area contributed by atoms with Crippen molar-refractivity contribution in [3.8, 4) is 0 Å². The zero-order valence-electron chi connectivity index (χ0n) is 16.2. The fourth-order valence-electron chi connectivity index (χ4n) is 2.95. The summed E-state index contributed by atoms with van der Waals surface area (Å²) in [6, 6.07) is 8.79. The van der Waals surface area contributed by atoms with E-state index < -0.39 is 35.8 Å². The second-order valence-corrected chi connectivity index (χ2v) is 6.46. The number of hydrogen-bond donors (Lipinski definition) is 1. The van der Waals surface area contributed by atoms with Crippen LogP contribution in [0.25, 0.3) is 0 Å². The van der Waals surface area contributed by atoms with Gasteiger partial charge in [0.2, 0.25) is 11.8 Å². The van der Waals surface area contributed by atoms with Gasteiger partial charge >= 0.3 is 6.18 Å². The lowest BCUT2D eigenvalue weighted by molar-refractivity contribution is -0.138. The number of amides is 2. The number of hydrogen-bond acceptors (Lipinski definition) is 4. The van der Waals surface area contributed by atoms with E-state index in [9.17, 15) is 27.2 Å². The van der Waals surface area contributed by atoms with E-state index in [0.29, 0.717) is 0 Å². The number of benzene rings is 1. The number of nitrogens with zero attached hydrogens (tertiary/aromatic N) is 3. The molecule has 0 radical (unpaired) electrons. The van der Waals surface area contributed by atoms with Crippen LogP contribution in [0.1, 0.15) is 18.1 Å². The van der Waals surface area contributed by atoms with Gasteiger partial charge in [0.25, 0.3) is 0 Å². The quantitative estimate of drug-likeness (QED) is 0.603. The van der Waals surface area contributed by atoms with Crippen LogP contribution >= 0.6 is 0 Å². The number of pyridine rings is 2. The molecule has 2 heterocycles. The summed E-state index contributed by atoms with van der Waals surface area (Å²) in [6.45, 7) is 1.21. The van der Waals surface area contributed by atoms with Crippen LogP contribution in [0.4, 0.5) is 34.8 Å². The Morgan fingerprint density at radius 1 is 1.10 bits per heavy atom.